The average Bonchev–Trinajstić information content (AvgIpc) is 3.06. The lowest BCUT2D eigenvalue weighted by Crippen LogP contribution is -2.43. The summed E-state index contributed by atoms with van der Waals surface area (Å²) in [6.45, 7) is -0.629. The first kappa shape index (κ1) is 20.0. The van der Waals surface area contributed by atoms with E-state index in [1.807, 2.05) is 0 Å². The second-order valence-corrected chi connectivity index (χ2v) is 8.82. The molecule has 1 aliphatic heterocycles. The maximum atomic E-state index is 12.8. The highest BCUT2D eigenvalue weighted by atomic mass is 32.2. The molecule has 0 spiro atoms. The van der Waals surface area contributed by atoms with E-state index in [1.165, 1.54) is 17.0 Å². The molecular formula is C20H21NO6S. The van der Waals surface area contributed by atoms with Gasteiger partial charge in [-0.05, 0) is 36.2 Å². The van der Waals surface area contributed by atoms with E-state index in [0.717, 1.165) is 0 Å². The van der Waals surface area contributed by atoms with Gasteiger partial charge in [0.25, 0.3) is 5.91 Å². The van der Waals surface area contributed by atoms with Gasteiger partial charge in [0, 0.05) is 5.69 Å². The van der Waals surface area contributed by atoms with E-state index in [-0.39, 0.29) is 23.7 Å². The van der Waals surface area contributed by atoms with Gasteiger partial charge < -0.3 is 14.7 Å². The number of hydrogen-bond acceptors (Lipinski definition) is 6. The molecule has 1 fully saturated rings. The smallest absolute Gasteiger partial charge is 0.338 e. The largest absolute Gasteiger partial charge is 0.452 e. The standard InChI is InChI=1S/C20H21NO6S/c22-12-15-6-8-16(9-7-15)20(24)27-13-19(23)21(17-4-2-1-3-5-17)18-10-11-28(25,26)14-18/h1-9,18,22H,10-14H2/t18-/m1/s1. The lowest BCUT2D eigenvalue weighted by atomic mass is 10.1. The molecule has 1 saturated heterocycles. The van der Waals surface area contributed by atoms with Gasteiger partial charge in [0.1, 0.15) is 0 Å². The molecule has 1 atom stereocenters. The molecule has 0 aliphatic carbocycles. The molecule has 7 nitrogen and oxygen atoms in total. The zero-order chi connectivity index (χ0) is 20.1. The lowest BCUT2D eigenvalue weighted by Gasteiger charge is -2.28. The van der Waals surface area contributed by atoms with Crippen LogP contribution in [0, 0.1) is 0 Å². The number of sulfone groups is 1. The number of carbonyl (C=O) groups is 2. The Bertz CT molecular complexity index is 940. The summed E-state index contributed by atoms with van der Waals surface area (Å²) >= 11 is 0. The highest BCUT2D eigenvalue weighted by Crippen LogP contribution is 2.24. The molecule has 1 N–H and O–H groups in total. The van der Waals surface area contributed by atoms with Crippen LogP contribution in [0.25, 0.3) is 0 Å². The Morgan fingerprint density at radius 3 is 2.32 bits per heavy atom. The molecule has 3 rings (SSSR count). The van der Waals surface area contributed by atoms with Gasteiger partial charge >= 0.3 is 5.97 Å². The van der Waals surface area contributed by atoms with E-state index < -0.39 is 34.4 Å². The third-order valence-electron chi connectivity index (χ3n) is 4.58. The summed E-state index contributed by atoms with van der Waals surface area (Å²) in [4.78, 5) is 26.4. The van der Waals surface area contributed by atoms with Crippen molar-refractivity contribution < 1.29 is 27.9 Å². The Labute approximate surface area is 163 Å². The summed E-state index contributed by atoms with van der Waals surface area (Å²) in [6, 6.07) is 14.5. The van der Waals surface area contributed by atoms with Crippen LogP contribution in [0.5, 0.6) is 0 Å². The Balaban J connectivity index is 1.71. The Morgan fingerprint density at radius 1 is 1.07 bits per heavy atom. The van der Waals surface area contributed by atoms with Crippen molar-refractivity contribution in [2.24, 2.45) is 0 Å². The zero-order valence-corrected chi connectivity index (χ0v) is 16.0. The minimum Gasteiger partial charge on any atom is -0.452 e. The van der Waals surface area contributed by atoms with Crippen molar-refractivity contribution >= 4 is 27.4 Å². The van der Waals surface area contributed by atoms with Crippen molar-refractivity contribution in [3.63, 3.8) is 0 Å². The minimum absolute atomic E-state index is 0.0330. The highest BCUT2D eigenvalue weighted by Gasteiger charge is 2.35. The maximum Gasteiger partial charge on any atom is 0.338 e. The molecule has 1 aliphatic rings. The van der Waals surface area contributed by atoms with Crippen molar-refractivity contribution in [2.45, 2.75) is 19.1 Å². The Kier molecular flexibility index (Phi) is 6.11. The normalized spacial score (nSPS) is 17.8. The first-order valence-electron chi connectivity index (χ1n) is 8.84. The van der Waals surface area contributed by atoms with E-state index in [4.69, 9.17) is 9.84 Å². The van der Waals surface area contributed by atoms with Gasteiger partial charge in [0.15, 0.2) is 16.4 Å². The molecule has 0 unspecified atom stereocenters. The number of rotatable bonds is 6. The van der Waals surface area contributed by atoms with Gasteiger partial charge in [-0.3, -0.25) is 4.79 Å². The van der Waals surface area contributed by atoms with Crippen molar-refractivity contribution in [3.8, 4) is 0 Å². The Morgan fingerprint density at radius 2 is 1.75 bits per heavy atom. The number of carbonyl (C=O) groups excluding carboxylic acids is 2. The van der Waals surface area contributed by atoms with Crippen LogP contribution in [0.4, 0.5) is 5.69 Å². The zero-order valence-electron chi connectivity index (χ0n) is 15.2. The van der Waals surface area contributed by atoms with E-state index in [9.17, 15) is 18.0 Å². The monoisotopic (exact) mass is 403 g/mol. The molecule has 148 valence electrons. The van der Waals surface area contributed by atoms with Crippen LogP contribution < -0.4 is 4.90 Å². The molecule has 28 heavy (non-hydrogen) atoms. The summed E-state index contributed by atoms with van der Waals surface area (Å²) in [5.74, 6) is -1.21. The fraction of sp³-hybridized carbons (Fsp3) is 0.300. The fourth-order valence-electron chi connectivity index (χ4n) is 3.15. The quantitative estimate of drug-likeness (QED) is 0.735. The maximum absolute atomic E-state index is 12.8. The molecule has 1 amide bonds. The number of nitrogens with zero attached hydrogens (tertiary/aromatic N) is 1. The summed E-state index contributed by atoms with van der Waals surface area (Å²) in [7, 11) is -3.18. The molecular weight excluding hydrogens is 382 g/mol. The van der Waals surface area contributed by atoms with Crippen molar-refractivity contribution in [3.05, 3.63) is 65.7 Å². The first-order chi connectivity index (χ1) is 13.4. The number of hydrogen-bond donors (Lipinski definition) is 1. The summed E-state index contributed by atoms with van der Waals surface area (Å²) < 4.78 is 28.9. The van der Waals surface area contributed by atoms with Gasteiger partial charge in [-0.25, -0.2) is 13.2 Å². The van der Waals surface area contributed by atoms with Crippen LogP contribution >= 0.6 is 0 Å². The number of amides is 1. The van der Waals surface area contributed by atoms with E-state index in [1.54, 1.807) is 42.5 Å². The third-order valence-corrected chi connectivity index (χ3v) is 6.33. The molecule has 0 aromatic heterocycles. The number of aliphatic hydroxyl groups is 1. The number of aliphatic hydroxyl groups excluding tert-OH is 1. The van der Waals surface area contributed by atoms with Gasteiger partial charge in [0.2, 0.25) is 0 Å². The summed E-state index contributed by atoms with van der Waals surface area (Å²) in [5, 5.41) is 9.04. The van der Waals surface area contributed by atoms with Gasteiger partial charge in [0.05, 0.1) is 29.7 Å². The van der Waals surface area contributed by atoms with Crippen LogP contribution in [-0.4, -0.2) is 49.6 Å². The predicted molar refractivity (Wildman–Crippen MR) is 104 cm³/mol. The molecule has 8 heteroatoms. The van der Waals surface area contributed by atoms with Crippen LogP contribution in [0.2, 0.25) is 0 Å². The first-order valence-corrected chi connectivity index (χ1v) is 10.7. The average molecular weight is 403 g/mol. The predicted octanol–water partition coefficient (Wildman–Crippen LogP) is 1.56. The van der Waals surface area contributed by atoms with Crippen molar-refractivity contribution in [1.82, 2.24) is 0 Å². The summed E-state index contributed by atoms with van der Waals surface area (Å²) in [6.07, 6.45) is 0.347. The molecule has 0 radical (unpaired) electrons. The van der Waals surface area contributed by atoms with E-state index in [2.05, 4.69) is 0 Å². The Hall–Kier alpha value is -2.71. The second kappa shape index (κ2) is 8.53. The van der Waals surface area contributed by atoms with Crippen molar-refractivity contribution in [1.29, 1.82) is 0 Å². The number of esters is 1. The van der Waals surface area contributed by atoms with Crippen molar-refractivity contribution in [2.75, 3.05) is 23.0 Å². The third kappa shape index (κ3) is 4.76. The van der Waals surface area contributed by atoms with Gasteiger partial charge in [-0.2, -0.15) is 0 Å². The van der Waals surface area contributed by atoms with E-state index >= 15 is 0 Å². The molecule has 0 bridgehead atoms. The molecule has 0 saturated carbocycles. The molecule has 1 heterocycles. The number of para-hydroxylation sites is 1. The van der Waals surface area contributed by atoms with Crippen LogP contribution in [0.3, 0.4) is 0 Å². The minimum atomic E-state index is -3.18. The van der Waals surface area contributed by atoms with Crippen LogP contribution in [0.1, 0.15) is 22.3 Å². The topological polar surface area (TPSA) is 101 Å². The fourth-order valence-corrected chi connectivity index (χ4v) is 4.85. The number of anilines is 1. The molecule has 2 aromatic rings. The summed E-state index contributed by atoms with van der Waals surface area (Å²) in [5.41, 5.74) is 1.49. The SMILES string of the molecule is O=C(OCC(=O)N(c1ccccc1)[C@@H]1CCS(=O)(=O)C1)c1ccc(CO)cc1. The number of benzene rings is 2. The van der Waals surface area contributed by atoms with Crippen LogP contribution in [0.15, 0.2) is 54.6 Å². The second-order valence-electron chi connectivity index (χ2n) is 6.59. The lowest BCUT2D eigenvalue weighted by molar-refractivity contribution is -0.122. The van der Waals surface area contributed by atoms with Gasteiger partial charge in [-0.15, -0.1) is 0 Å². The molecule has 2 aromatic carbocycles. The van der Waals surface area contributed by atoms with Gasteiger partial charge in [-0.1, -0.05) is 30.3 Å². The highest BCUT2D eigenvalue weighted by molar-refractivity contribution is 7.91. The number of ether oxygens (including phenoxy) is 1. The van der Waals surface area contributed by atoms with E-state index in [0.29, 0.717) is 17.7 Å². The van der Waals surface area contributed by atoms with Crippen LogP contribution in [-0.2, 0) is 26.0 Å².